The van der Waals surface area contributed by atoms with Crippen molar-refractivity contribution in [1.29, 1.82) is 0 Å². The van der Waals surface area contributed by atoms with E-state index in [0.29, 0.717) is 6.42 Å². The van der Waals surface area contributed by atoms with Gasteiger partial charge in [-0.15, -0.1) is 6.58 Å². The Labute approximate surface area is 204 Å². The van der Waals surface area contributed by atoms with Gasteiger partial charge in [-0.1, -0.05) is 54.6 Å². The molecule has 0 aliphatic heterocycles. The van der Waals surface area contributed by atoms with Gasteiger partial charge in [0, 0.05) is 25.3 Å². The molecule has 2 aliphatic rings. The van der Waals surface area contributed by atoms with Crippen molar-refractivity contribution in [2.45, 2.75) is 56.4 Å². The Bertz CT molecular complexity index is 1030. The van der Waals surface area contributed by atoms with Gasteiger partial charge in [0.2, 0.25) is 5.92 Å². The molecule has 0 spiro atoms. The van der Waals surface area contributed by atoms with Crippen molar-refractivity contribution in [1.82, 2.24) is 4.90 Å². The SMILES string of the molecule is C=CCCN(C(=O)OCC1c2ccccc2-c2ccccc21)[C@@H](CC1CCC(F)(F)CC1)C(=O)O. The van der Waals surface area contributed by atoms with Crippen LogP contribution in [0.5, 0.6) is 0 Å². The van der Waals surface area contributed by atoms with Gasteiger partial charge in [0.15, 0.2) is 0 Å². The summed E-state index contributed by atoms with van der Waals surface area (Å²) in [7, 11) is 0. The lowest BCUT2D eigenvalue weighted by molar-refractivity contribution is -0.143. The van der Waals surface area contributed by atoms with Crippen LogP contribution in [0.25, 0.3) is 11.1 Å². The quantitative estimate of drug-likeness (QED) is 0.415. The molecular formula is C28H31F2NO4. The minimum Gasteiger partial charge on any atom is -0.480 e. The van der Waals surface area contributed by atoms with Gasteiger partial charge >= 0.3 is 12.1 Å². The van der Waals surface area contributed by atoms with Crippen molar-refractivity contribution >= 4 is 12.1 Å². The first kappa shape index (κ1) is 24.9. The summed E-state index contributed by atoms with van der Waals surface area (Å²) in [6.07, 6.45) is 1.44. The average molecular weight is 484 g/mol. The standard InChI is InChI=1S/C28H31F2NO4/c1-2-3-16-31(25(26(32)33)17-19-12-14-28(29,30)15-13-19)27(34)35-18-24-22-10-6-4-8-20(22)21-9-5-7-11-23(21)24/h2,4-11,19,24-25H,1,3,12-18H2,(H,32,33)/t25-/m0/s1. The normalized spacial score (nSPS) is 17.8. The molecule has 1 fully saturated rings. The van der Waals surface area contributed by atoms with Crippen LogP contribution in [0.3, 0.4) is 0 Å². The fourth-order valence-electron chi connectivity index (χ4n) is 5.29. The number of rotatable bonds is 9. The van der Waals surface area contributed by atoms with Gasteiger partial charge in [0.1, 0.15) is 12.6 Å². The van der Waals surface area contributed by atoms with Crippen LogP contribution in [0.2, 0.25) is 0 Å². The minimum atomic E-state index is -2.69. The number of amides is 1. The summed E-state index contributed by atoms with van der Waals surface area (Å²) in [4.78, 5) is 26.6. The number of halogens is 2. The molecule has 7 heteroatoms. The monoisotopic (exact) mass is 483 g/mol. The molecule has 0 aromatic heterocycles. The summed E-state index contributed by atoms with van der Waals surface area (Å²) < 4.78 is 32.9. The molecule has 4 rings (SSSR count). The predicted molar refractivity (Wildman–Crippen MR) is 130 cm³/mol. The first-order chi connectivity index (χ1) is 16.8. The van der Waals surface area contributed by atoms with Crippen LogP contribution < -0.4 is 0 Å². The van der Waals surface area contributed by atoms with E-state index < -0.39 is 24.0 Å². The number of carbonyl (C=O) groups is 2. The molecule has 0 unspecified atom stereocenters. The van der Waals surface area contributed by atoms with Crippen LogP contribution in [-0.2, 0) is 9.53 Å². The summed E-state index contributed by atoms with van der Waals surface area (Å²) in [6.45, 7) is 3.90. The summed E-state index contributed by atoms with van der Waals surface area (Å²) in [5.41, 5.74) is 4.34. The fraction of sp³-hybridized carbons (Fsp3) is 0.429. The van der Waals surface area contributed by atoms with E-state index in [9.17, 15) is 23.5 Å². The lowest BCUT2D eigenvalue weighted by Gasteiger charge is -2.34. The number of aliphatic carboxylic acids is 1. The van der Waals surface area contributed by atoms with Crippen LogP contribution in [0.4, 0.5) is 13.6 Å². The van der Waals surface area contributed by atoms with Crippen molar-refractivity contribution in [2.75, 3.05) is 13.2 Å². The van der Waals surface area contributed by atoms with E-state index in [0.717, 1.165) is 22.3 Å². The Balaban J connectivity index is 1.48. The van der Waals surface area contributed by atoms with Crippen LogP contribution in [-0.4, -0.2) is 47.2 Å². The lowest BCUT2D eigenvalue weighted by atomic mass is 9.82. The van der Waals surface area contributed by atoms with E-state index in [1.54, 1.807) is 6.08 Å². The van der Waals surface area contributed by atoms with Gasteiger partial charge in [-0.05, 0) is 53.9 Å². The third kappa shape index (κ3) is 5.55. The number of carboxylic acids is 1. The minimum absolute atomic E-state index is 0.0828. The predicted octanol–water partition coefficient (Wildman–Crippen LogP) is 6.48. The number of hydrogen-bond acceptors (Lipinski definition) is 3. The summed E-state index contributed by atoms with van der Waals surface area (Å²) in [6, 6.07) is 14.8. The summed E-state index contributed by atoms with van der Waals surface area (Å²) >= 11 is 0. The average Bonchev–Trinajstić information content (AvgIpc) is 3.16. The molecule has 0 bridgehead atoms. The number of hydrogen-bond donors (Lipinski definition) is 1. The second kappa shape index (κ2) is 10.6. The molecule has 2 aromatic rings. The van der Waals surface area contributed by atoms with Crippen LogP contribution in [0.15, 0.2) is 61.2 Å². The molecule has 0 saturated heterocycles. The number of alkyl halides is 2. The molecule has 1 atom stereocenters. The zero-order valence-corrected chi connectivity index (χ0v) is 19.7. The Morgan fingerprint density at radius 1 is 1.09 bits per heavy atom. The maximum absolute atomic E-state index is 13.6. The Morgan fingerprint density at radius 3 is 2.20 bits per heavy atom. The zero-order valence-electron chi connectivity index (χ0n) is 19.7. The van der Waals surface area contributed by atoms with E-state index in [4.69, 9.17) is 4.74 Å². The number of carbonyl (C=O) groups excluding carboxylic acids is 1. The Kier molecular flexibility index (Phi) is 7.53. The molecule has 5 nitrogen and oxygen atoms in total. The highest BCUT2D eigenvalue weighted by molar-refractivity contribution is 5.81. The number of ether oxygens (including phenoxy) is 1. The third-order valence-corrected chi connectivity index (χ3v) is 7.20. The van der Waals surface area contributed by atoms with Crippen LogP contribution in [0, 0.1) is 5.92 Å². The molecule has 2 aromatic carbocycles. The second-order valence-corrected chi connectivity index (χ2v) is 9.46. The maximum Gasteiger partial charge on any atom is 0.410 e. The van der Waals surface area contributed by atoms with Gasteiger partial charge in [0.25, 0.3) is 0 Å². The topological polar surface area (TPSA) is 66.8 Å². The van der Waals surface area contributed by atoms with Crippen molar-refractivity contribution in [2.24, 2.45) is 5.92 Å². The molecule has 1 amide bonds. The van der Waals surface area contributed by atoms with Crippen LogP contribution >= 0.6 is 0 Å². The molecule has 2 aliphatic carbocycles. The molecule has 1 N–H and O–H groups in total. The van der Waals surface area contributed by atoms with Crippen molar-refractivity contribution in [3.05, 3.63) is 72.3 Å². The van der Waals surface area contributed by atoms with Gasteiger partial charge in [-0.3, -0.25) is 4.90 Å². The van der Waals surface area contributed by atoms with Crippen molar-refractivity contribution in [3.63, 3.8) is 0 Å². The highest BCUT2D eigenvalue weighted by atomic mass is 19.3. The Hall–Kier alpha value is -3.22. The lowest BCUT2D eigenvalue weighted by Crippen LogP contribution is -2.47. The van der Waals surface area contributed by atoms with E-state index in [-0.39, 0.29) is 57.1 Å². The Morgan fingerprint density at radius 2 is 1.66 bits per heavy atom. The highest BCUT2D eigenvalue weighted by Gasteiger charge is 2.39. The van der Waals surface area contributed by atoms with E-state index in [2.05, 4.69) is 6.58 Å². The molecule has 186 valence electrons. The second-order valence-electron chi connectivity index (χ2n) is 9.46. The number of fused-ring (bicyclic) bond motifs is 3. The fourth-order valence-corrected chi connectivity index (χ4v) is 5.29. The molecule has 1 saturated carbocycles. The largest absolute Gasteiger partial charge is 0.480 e. The summed E-state index contributed by atoms with van der Waals surface area (Å²) in [5, 5.41) is 9.94. The molecule has 0 heterocycles. The van der Waals surface area contributed by atoms with Crippen molar-refractivity contribution < 1.29 is 28.2 Å². The van der Waals surface area contributed by atoms with Gasteiger partial charge in [0.05, 0.1) is 0 Å². The van der Waals surface area contributed by atoms with Crippen LogP contribution in [0.1, 0.15) is 55.6 Å². The van der Waals surface area contributed by atoms with E-state index in [1.807, 2.05) is 48.5 Å². The zero-order chi connectivity index (χ0) is 25.0. The molecule has 35 heavy (non-hydrogen) atoms. The first-order valence-corrected chi connectivity index (χ1v) is 12.1. The molecular weight excluding hydrogens is 452 g/mol. The van der Waals surface area contributed by atoms with Crippen molar-refractivity contribution in [3.8, 4) is 11.1 Å². The number of carboxylic acid groups (broad SMARTS) is 1. The third-order valence-electron chi connectivity index (χ3n) is 7.20. The smallest absolute Gasteiger partial charge is 0.410 e. The maximum atomic E-state index is 13.6. The number of nitrogens with zero attached hydrogens (tertiary/aromatic N) is 1. The first-order valence-electron chi connectivity index (χ1n) is 12.1. The van der Waals surface area contributed by atoms with E-state index >= 15 is 0 Å². The van der Waals surface area contributed by atoms with Gasteiger partial charge in [-0.2, -0.15) is 0 Å². The molecule has 0 radical (unpaired) electrons. The van der Waals surface area contributed by atoms with Gasteiger partial charge in [-0.25, -0.2) is 18.4 Å². The van der Waals surface area contributed by atoms with E-state index in [1.165, 1.54) is 4.90 Å². The highest BCUT2D eigenvalue weighted by Crippen LogP contribution is 2.44. The summed E-state index contributed by atoms with van der Waals surface area (Å²) in [5.74, 6) is -4.16. The van der Waals surface area contributed by atoms with Gasteiger partial charge < -0.3 is 9.84 Å². The number of benzene rings is 2.